The molecule has 0 radical (unpaired) electrons. The second-order valence-electron chi connectivity index (χ2n) is 5.87. The number of rotatable bonds is 5. The average molecular weight is 316 g/mol. The molecule has 1 aliphatic rings. The highest BCUT2D eigenvalue weighted by Gasteiger charge is 2.62. The highest BCUT2D eigenvalue weighted by molar-refractivity contribution is 5.85. The molecule has 0 aliphatic heterocycles. The van der Waals surface area contributed by atoms with Crippen LogP contribution >= 0.6 is 0 Å². The number of aryl methyl sites for hydroxylation is 2. The number of aliphatic carboxylic acids is 1. The van der Waals surface area contributed by atoms with Crippen LogP contribution in [0.4, 0.5) is 4.39 Å². The number of halogens is 1. The Bertz CT molecular complexity index is 765. The number of aromatic nitrogens is 2. The molecule has 1 heterocycles. The third-order valence-corrected chi connectivity index (χ3v) is 4.32. The molecule has 1 fully saturated rings. The van der Waals surface area contributed by atoms with Gasteiger partial charge in [0, 0.05) is 5.92 Å². The van der Waals surface area contributed by atoms with Crippen molar-refractivity contribution in [1.82, 2.24) is 9.97 Å². The molecule has 5 nitrogen and oxygen atoms in total. The maximum atomic E-state index is 13.4. The summed E-state index contributed by atoms with van der Waals surface area (Å²) in [6, 6.07) is 5.77. The summed E-state index contributed by atoms with van der Waals surface area (Å²) in [5.74, 6) is -0.393. The van der Waals surface area contributed by atoms with Crippen molar-refractivity contribution in [1.29, 1.82) is 0 Å². The number of ether oxygens (including phenoxy) is 1. The van der Waals surface area contributed by atoms with Gasteiger partial charge in [0.05, 0.1) is 23.9 Å². The smallest absolute Gasteiger partial charge is 0.314 e. The Labute approximate surface area is 133 Å². The predicted octanol–water partition coefficient (Wildman–Crippen LogP) is 2.65. The van der Waals surface area contributed by atoms with Crippen LogP contribution in [-0.2, 0) is 10.2 Å². The van der Waals surface area contributed by atoms with Crippen LogP contribution in [0, 0.1) is 25.6 Å². The van der Waals surface area contributed by atoms with Gasteiger partial charge in [0.1, 0.15) is 11.6 Å². The van der Waals surface area contributed by atoms with E-state index in [0.29, 0.717) is 29.3 Å². The summed E-state index contributed by atoms with van der Waals surface area (Å²) < 4.78 is 19.1. The summed E-state index contributed by atoms with van der Waals surface area (Å²) in [5.41, 5.74) is 0.127. The lowest BCUT2D eigenvalue weighted by atomic mass is 9.93. The van der Waals surface area contributed by atoms with Crippen molar-refractivity contribution in [3.8, 4) is 5.75 Å². The van der Waals surface area contributed by atoms with Crippen LogP contribution in [-0.4, -0.2) is 27.7 Å². The Hall–Kier alpha value is -2.50. The normalized spacial score (nSPS) is 22.7. The van der Waals surface area contributed by atoms with E-state index >= 15 is 0 Å². The molecule has 6 heteroatoms. The first-order chi connectivity index (χ1) is 10.9. The Morgan fingerprint density at radius 1 is 1.48 bits per heavy atom. The zero-order valence-corrected chi connectivity index (χ0v) is 12.9. The van der Waals surface area contributed by atoms with Gasteiger partial charge in [0.25, 0.3) is 0 Å². The van der Waals surface area contributed by atoms with Crippen molar-refractivity contribution in [3.05, 3.63) is 53.4 Å². The number of carbonyl (C=O) groups is 1. The minimum atomic E-state index is -1.07. The van der Waals surface area contributed by atoms with Crippen molar-refractivity contribution in [2.45, 2.75) is 25.7 Å². The van der Waals surface area contributed by atoms with Gasteiger partial charge in [0.2, 0.25) is 0 Å². The number of carboxylic acid groups (broad SMARTS) is 1. The Balaban J connectivity index is 1.76. The van der Waals surface area contributed by atoms with Gasteiger partial charge in [0.15, 0.2) is 5.75 Å². The first-order valence-electron chi connectivity index (χ1n) is 7.36. The third-order valence-electron chi connectivity index (χ3n) is 4.32. The number of hydrogen-bond donors (Lipinski definition) is 1. The van der Waals surface area contributed by atoms with Crippen LogP contribution in [0.2, 0.25) is 0 Å². The molecule has 1 saturated carbocycles. The van der Waals surface area contributed by atoms with Crippen LogP contribution in [0.5, 0.6) is 5.75 Å². The maximum Gasteiger partial charge on any atom is 0.314 e. The zero-order chi connectivity index (χ0) is 16.6. The highest BCUT2D eigenvalue weighted by Crippen LogP contribution is 2.54. The molecule has 0 bridgehead atoms. The van der Waals surface area contributed by atoms with Crippen molar-refractivity contribution < 1.29 is 19.0 Å². The molecule has 3 rings (SSSR count). The van der Waals surface area contributed by atoms with Crippen LogP contribution in [0.1, 0.15) is 23.5 Å². The van der Waals surface area contributed by atoms with E-state index in [0.717, 1.165) is 0 Å². The van der Waals surface area contributed by atoms with E-state index in [1.165, 1.54) is 18.2 Å². The zero-order valence-electron chi connectivity index (χ0n) is 12.9. The number of benzene rings is 1. The molecule has 1 aromatic heterocycles. The predicted molar refractivity (Wildman–Crippen MR) is 80.8 cm³/mol. The molecular formula is C17H17FN2O3. The SMILES string of the molecule is Cc1ncc(OC[C@@H]2C[C@@]2(C(=O)O)c2cccc(F)c2)c(C)n1. The standard InChI is InChI=1S/C17H17FN2O3/c1-10-15(8-19-11(2)20-10)23-9-13-7-17(13,16(21)22)12-4-3-5-14(18)6-12/h3-6,8,13H,7,9H2,1-2H3,(H,21,22)/t13-,17+/m0/s1. The lowest BCUT2D eigenvalue weighted by molar-refractivity contribution is -0.140. The van der Waals surface area contributed by atoms with Crippen LogP contribution in [0.15, 0.2) is 30.5 Å². The summed E-state index contributed by atoms with van der Waals surface area (Å²) in [4.78, 5) is 20.0. The topological polar surface area (TPSA) is 72.3 Å². The molecule has 120 valence electrons. The molecule has 0 amide bonds. The highest BCUT2D eigenvalue weighted by atomic mass is 19.1. The number of hydrogen-bond acceptors (Lipinski definition) is 4. The second-order valence-corrected chi connectivity index (χ2v) is 5.87. The van der Waals surface area contributed by atoms with Gasteiger partial charge in [-0.15, -0.1) is 0 Å². The minimum Gasteiger partial charge on any atom is -0.490 e. The van der Waals surface area contributed by atoms with Gasteiger partial charge in [-0.1, -0.05) is 12.1 Å². The van der Waals surface area contributed by atoms with Crippen molar-refractivity contribution >= 4 is 5.97 Å². The van der Waals surface area contributed by atoms with Crippen molar-refractivity contribution in [2.24, 2.45) is 5.92 Å². The van der Waals surface area contributed by atoms with Gasteiger partial charge in [-0.3, -0.25) is 4.79 Å². The van der Waals surface area contributed by atoms with E-state index < -0.39 is 17.2 Å². The van der Waals surface area contributed by atoms with E-state index in [2.05, 4.69) is 9.97 Å². The lowest BCUT2D eigenvalue weighted by Gasteiger charge is -2.14. The van der Waals surface area contributed by atoms with E-state index in [1.807, 2.05) is 6.92 Å². The molecule has 2 atom stereocenters. The largest absolute Gasteiger partial charge is 0.490 e. The van der Waals surface area contributed by atoms with Gasteiger partial charge in [-0.05, 0) is 38.0 Å². The fourth-order valence-electron chi connectivity index (χ4n) is 2.94. The average Bonchev–Trinajstić information content (AvgIpc) is 3.22. The first-order valence-corrected chi connectivity index (χ1v) is 7.36. The quantitative estimate of drug-likeness (QED) is 0.918. The molecular weight excluding hydrogens is 299 g/mol. The lowest BCUT2D eigenvalue weighted by Crippen LogP contribution is -2.24. The van der Waals surface area contributed by atoms with Crippen molar-refractivity contribution in [2.75, 3.05) is 6.61 Å². The Kier molecular flexibility index (Phi) is 3.75. The van der Waals surface area contributed by atoms with Crippen LogP contribution in [0.25, 0.3) is 0 Å². The Morgan fingerprint density at radius 3 is 2.91 bits per heavy atom. The number of carboxylic acids is 1. The Morgan fingerprint density at radius 2 is 2.26 bits per heavy atom. The van der Waals surface area contributed by atoms with E-state index in [4.69, 9.17) is 4.74 Å². The van der Waals surface area contributed by atoms with Gasteiger partial charge in [-0.2, -0.15) is 0 Å². The summed E-state index contributed by atoms with van der Waals surface area (Å²) >= 11 is 0. The fraction of sp³-hybridized carbons (Fsp3) is 0.353. The minimum absolute atomic E-state index is 0.206. The summed E-state index contributed by atoms with van der Waals surface area (Å²) in [6.45, 7) is 3.83. The monoisotopic (exact) mass is 316 g/mol. The van der Waals surface area contributed by atoms with Gasteiger partial charge >= 0.3 is 5.97 Å². The molecule has 1 N–H and O–H groups in total. The summed E-state index contributed by atoms with van der Waals surface area (Å²) in [7, 11) is 0. The third kappa shape index (κ3) is 2.76. The second kappa shape index (κ2) is 5.61. The molecule has 0 unspecified atom stereocenters. The van der Waals surface area contributed by atoms with E-state index in [1.54, 1.807) is 19.2 Å². The molecule has 1 aromatic carbocycles. The molecule has 23 heavy (non-hydrogen) atoms. The van der Waals surface area contributed by atoms with Gasteiger partial charge in [-0.25, -0.2) is 14.4 Å². The summed E-state index contributed by atoms with van der Waals surface area (Å²) in [6.07, 6.45) is 2.02. The van der Waals surface area contributed by atoms with Crippen LogP contribution < -0.4 is 4.74 Å². The molecule has 0 saturated heterocycles. The first kappa shape index (κ1) is 15.4. The maximum absolute atomic E-state index is 13.4. The fourth-order valence-corrected chi connectivity index (χ4v) is 2.94. The van der Waals surface area contributed by atoms with Crippen LogP contribution in [0.3, 0.4) is 0 Å². The molecule has 1 aliphatic carbocycles. The van der Waals surface area contributed by atoms with Crippen molar-refractivity contribution in [3.63, 3.8) is 0 Å². The van der Waals surface area contributed by atoms with E-state index in [9.17, 15) is 14.3 Å². The van der Waals surface area contributed by atoms with Gasteiger partial charge < -0.3 is 9.84 Å². The molecule has 2 aromatic rings. The molecule has 0 spiro atoms. The summed E-state index contributed by atoms with van der Waals surface area (Å²) in [5, 5.41) is 9.60. The number of nitrogens with zero attached hydrogens (tertiary/aromatic N) is 2. The van der Waals surface area contributed by atoms with E-state index in [-0.39, 0.29) is 12.5 Å².